The van der Waals surface area contributed by atoms with E-state index in [1.807, 2.05) is 24.3 Å². The maximum Gasteiger partial charge on any atom is 0.269 e. The SMILES string of the molecule is O=C1c2ccccc2C(O[C@H]2C=C[C@@H](O)C2)(c2ccc(Cl)cc2)N1Cc1ccc([N+](=O)[O-])cc1. The molecule has 1 aliphatic carbocycles. The fourth-order valence-electron chi connectivity index (χ4n) is 4.62. The lowest BCUT2D eigenvalue weighted by atomic mass is 9.92. The molecule has 172 valence electrons. The summed E-state index contributed by atoms with van der Waals surface area (Å²) in [4.78, 5) is 26.0. The van der Waals surface area contributed by atoms with Crippen LogP contribution >= 0.6 is 11.6 Å². The van der Waals surface area contributed by atoms with Gasteiger partial charge in [0.05, 0.1) is 17.1 Å². The average Bonchev–Trinajstić information content (AvgIpc) is 3.35. The van der Waals surface area contributed by atoms with Crippen LogP contribution in [0.25, 0.3) is 0 Å². The predicted molar refractivity (Wildman–Crippen MR) is 126 cm³/mol. The molecular weight excluding hydrogens is 456 g/mol. The van der Waals surface area contributed by atoms with Gasteiger partial charge in [-0.2, -0.15) is 0 Å². The van der Waals surface area contributed by atoms with Gasteiger partial charge in [-0.05, 0) is 23.8 Å². The summed E-state index contributed by atoms with van der Waals surface area (Å²) in [6.07, 6.45) is 2.81. The first-order valence-electron chi connectivity index (χ1n) is 10.8. The van der Waals surface area contributed by atoms with E-state index in [9.17, 15) is 20.0 Å². The summed E-state index contributed by atoms with van der Waals surface area (Å²) in [5, 5.41) is 21.7. The molecule has 1 amide bonds. The van der Waals surface area contributed by atoms with E-state index in [0.717, 1.165) is 5.56 Å². The van der Waals surface area contributed by atoms with Gasteiger partial charge in [-0.1, -0.05) is 66.2 Å². The standard InChI is InChI=1S/C26H21ClN2O5/c27-19-9-7-18(8-10-19)26(34-22-14-13-21(30)15-22)24-4-2-1-3-23(24)25(31)28(26)16-17-5-11-20(12-6-17)29(32)33/h1-14,21-22,30H,15-16H2/t21-,22+,26?/m1/s1. The minimum atomic E-state index is -1.28. The molecule has 7 nitrogen and oxygen atoms in total. The first-order chi connectivity index (χ1) is 16.4. The average molecular weight is 477 g/mol. The number of nitrogens with zero attached hydrogens (tertiary/aromatic N) is 2. The number of rotatable bonds is 6. The van der Waals surface area contributed by atoms with Crippen molar-refractivity contribution in [2.24, 2.45) is 0 Å². The third-order valence-corrected chi connectivity index (χ3v) is 6.47. The Labute approximate surface area is 201 Å². The van der Waals surface area contributed by atoms with Crippen LogP contribution in [0.5, 0.6) is 0 Å². The fraction of sp³-hybridized carbons (Fsp3) is 0.192. The molecule has 2 aliphatic rings. The molecule has 3 atom stereocenters. The number of non-ortho nitro benzene ring substituents is 1. The van der Waals surface area contributed by atoms with Crippen molar-refractivity contribution in [2.45, 2.75) is 30.9 Å². The van der Waals surface area contributed by atoms with Crippen LogP contribution in [0.1, 0.15) is 33.5 Å². The molecule has 1 aliphatic heterocycles. The zero-order chi connectivity index (χ0) is 23.9. The molecule has 34 heavy (non-hydrogen) atoms. The Balaban J connectivity index is 1.65. The lowest BCUT2D eigenvalue weighted by Crippen LogP contribution is -2.48. The number of nitro benzene ring substituents is 1. The van der Waals surface area contributed by atoms with Crippen molar-refractivity contribution in [3.8, 4) is 0 Å². The van der Waals surface area contributed by atoms with Gasteiger partial charge < -0.3 is 9.84 Å². The van der Waals surface area contributed by atoms with Crippen molar-refractivity contribution < 1.29 is 19.6 Å². The van der Waals surface area contributed by atoms with Crippen LogP contribution in [0.4, 0.5) is 5.69 Å². The number of aliphatic hydroxyl groups is 1. The van der Waals surface area contributed by atoms with Crippen molar-refractivity contribution in [3.63, 3.8) is 0 Å². The van der Waals surface area contributed by atoms with Gasteiger partial charge in [0.1, 0.15) is 0 Å². The van der Waals surface area contributed by atoms with Gasteiger partial charge in [0.25, 0.3) is 11.6 Å². The Morgan fingerprint density at radius 1 is 1.06 bits per heavy atom. The van der Waals surface area contributed by atoms with Crippen molar-refractivity contribution in [1.29, 1.82) is 0 Å². The first kappa shape index (κ1) is 22.3. The summed E-state index contributed by atoms with van der Waals surface area (Å²) in [5.74, 6) is -0.216. The molecule has 0 bridgehead atoms. The zero-order valence-corrected chi connectivity index (χ0v) is 18.8. The van der Waals surface area contributed by atoms with Crippen LogP contribution in [0, 0.1) is 10.1 Å². The predicted octanol–water partition coefficient (Wildman–Crippen LogP) is 4.81. The zero-order valence-electron chi connectivity index (χ0n) is 18.0. The number of ether oxygens (including phenoxy) is 1. The number of amides is 1. The molecule has 3 aromatic carbocycles. The third-order valence-electron chi connectivity index (χ3n) is 6.21. The Kier molecular flexibility index (Phi) is 5.69. The number of fused-ring (bicyclic) bond motifs is 1. The second kappa shape index (κ2) is 8.68. The molecular formula is C26H21ClN2O5. The van der Waals surface area contributed by atoms with E-state index in [1.54, 1.807) is 53.5 Å². The van der Waals surface area contributed by atoms with Gasteiger partial charge in [0.15, 0.2) is 5.72 Å². The largest absolute Gasteiger partial charge is 0.389 e. The van der Waals surface area contributed by atoms with Crippen molar-refractivity contribution in [3.05, 3.63) is 122 Å². The smallest absolute Gasteiger partial charge is 0.269 e. The van der Waals surface area contributed by atoms with Gasteiger partial charge in [-0.3, -0.25) is 19.8 Å². The fourth-order valence-corrected chi connectivity index (χ4v) is 4.75. The highest BCUT2D eigenvalue weighted by Gasteiger charge is 2.53. The molecule has 3 aromatic rings. The van der Waals surface area contributed by atoms with E-state index in [1.165, 1.54) is 12.1 Å². The van der Waals surface area contributed by atoms with Gasteiger partial charge >= 0.3 is 0 Å². The number of carbonyl (C=O) groups excluding carboxylic acids is 1. The molecule has 0 radical (unpaired) electrons. The molecule has 0 aromatic heterocycles. The molecule has 0 fully saturated rings. The molecule has 1 heterocycles. The summed E-state index contributed by atoms with van der Waals surface area (Å²) < 4.78 is 6.71. The molecule has 5 rings (SSSR count). The van der Waals surface area contributed by atoms with Crippen molar-refractivity contribution in [1.82, 2.24) is 4.90 Å². The second-order valence-corrected chi connectivity index (χ2v) is 8.79. The summed E-state index contributed by atoms with van der Waals surface area (Å²) in [7, 11) is 0. The monoisotopic (exact) mass is 476 g/mol. The van der Waals surface area contributed by atoms with E-state index in [0.29, 0.717) is 28.1 Å². The summed E-state index contributed by atoms with van der Waals surface area (Å²) in [6, 6.07) is 20.6. The van der Waals surface area contributed by atoms with E-state index >= 15 is 0 Å². The number of aliphatic hydroxyl groups excluding tert-OH is 1. The molecule has 1 N–H and O–H groups in total. The van der Waals surface area contributed by atoms with Crippen molar-refractivity contribution >= 4 is 23.2 Å². The highest BCUT2D eigenvalue weighted by atomic mass is 35.5. The number of hydrogen-bond donors (Lipinski definition) is 1. The minimum absolute atomic E-state index is 0.0231. The molecule has 0 saturated heterocycles. The second-order valence-electron chi connectivity index (χ2n) is 8.36. The molecule has 1 unspecified atom stereocenters. The number of carbonyl (C=O) groups is 1. The first-order valence-corrected chi connectivity index (χ1v) is 11.2. The van der Waals surface area contributed by atoms with Crippen LogP contribution in [0.3, 0.4) is 0 Å². The van der Waals surface area contributed by atoms with E-state index < -0.39 is 22.9 Å². The Morgan fingerprint density at radius 3 is 2.41 bits per heavy atom. The number of nitro groups is 1. The summed E-state index contributed by atoms with van der Waals surface area (Å²) in [6.45, 7) is 0.160. The maximum atomic E-state index is 13.7. The van der Waals surface area contributed by atoms with Gasteiger partial charge in [-0.15, -0.1) is 0 Å². The normalized spacial score (nSPS) is 23.4. The number of hydrogen-bond acceptors (Lipinski definition) is 5. The van der Waals surface area contributed by atoms with Crippen LogP contribution in [-0.2, 0) is 17.0 Å². The number of halogens is 1. The van der Waals surface area contributed by atoms with E-state index in [-0.39, 0.29) is 18.1 Å². The summed E-state index contributed by atoms with van der Waals surface area (Å²) >= 11 is 6.17. The van der Waals surface area contributed by atoms with Crippen LogP contribution < -0.4 is 0 Å². The van der Waals surface area contributed by atoms with Crippen molar-refractivity contribution in [2.75, 3.05) is 0 Å². The van der Waals surface area contributed by atoms with Gasteiger partial charge in [-0.25, -0.2) is 0 Å². The van der Waals surface area contributed by atoms with Gasteiger partial charge in [0.2, 0.25) is 0 Å². The quantitative estimate of drug-likeness (QED) is 0.313. The maximum absolute atomic E-state index is 13.7. The van der Waals surface area contributed by atoms with Crippen LogP contribution in [0.2, 0.25) is 5.02 Å². The highest BCUT2D eigenvalue weighted by molar-refractivity contribution is 6.30. The van der Waals surface area contributed by atoms with Crippen LogP contribution in [0.15, 0.2) is 84.9 Å². The number of benzene rings is 3. The van der Waals surface area contributed by atoms with E-state index in [4.69, 9.17) is 16.3 Å². The Morgan fingerprint density at radius 2 is 1.76 bits per heavy atom. The molecule has 0 saturated carbocycles. The topological polar surface area (TPSA) is 92.9 Å². The van der Waals surface area contributed by atoms with Gasteiger partial charge in [0, 0.05) is 46.8 Å². The third kappa shape index (κ3) is 3.77. The minimum Gasteiger partial charge on any atom is -0.389 e. The Bertz CT molecular complexity index is 1280. The lowest BCUT2D eigenvalue weighted by Gasteiger charge is -2.41. The Hall–Kier alpha value is -3.52. The van der Waals surface area contributed by atoms with E-state index in [2.05, 4.69) is 0 Å². The molecule has 0 spiro atoms. The molecule has 8 heteroatoms. The lowest BCUT2D eigenvalue weighted by molar-refractivity contribution is -0.384. The summed E-state index contributed by atoms with van der Waals surface area (Å²) in [5.41, 5.74) is 1.34. The van der Waals surface area contributed by atoms with Crippen LogP contribution in [-0.4, -0.2) is 33.0 Å². The highest BCUT2D eigenvalue weighted by Crippen LogP contribution is 2.47.